The van der Waals surface area contributed by atoms with Crippen molar-refractivity contribution in [2.45, 2.75) is 75.0 Å². The molecule has 0 spiro atoms. The highest BCUT2D eigenvalue weighted by atomic mass is 16.7. The van der Waals surface area contributed by atoms with Gasteiger partial charge in [-0.05, 0) is 37.7 Å². The van der Waals surface area contributed by atoms with Crippen LogP contribution in [0.5, 0.6) is 11.5 Å². The predicted octanol–water partition coefficient (Wildman–Crippen LogP) is -0.619. The highest BCUT2D eigenvalue weighted by Crippen LogP contribution is 2.57. The molecule has 2 aromatic rings. The number of fused-ring (bicyclic) bond motifs is 2. The van der Waals surface area contributed by atoms with E-state index < -0.39 is 48.9 Å². The van der Waals surface area contributed by atoms with Gasteiger partial charge in [0.2, 0.25) is 17.9 Å². The number of benzene rings is 1. The van der Waals surface area contributed by atoms with E-state index >= 15 is 0 Å². The lowest BCUT2D eigenvalue weighted by molar-refractivity contribution is -0.310. The third-order valence-electron chi connectivity index (χ3n) is 8.74. The first-order chi connectivity index (χ1) is 19.2. The summed E-state index contributed by atoms with van der Waals surface area (Å²) in [6.07, 6.45) is -8.14. The van der Waals surface area contributed by atoms with Gasteiger partial charge >= 0.3 is 5.97 Å². The summed E-state index contributed by atoms with van der Waals surface area (Å²) in [5.41, 5.74) is 2.64. The van der Waals surface area contributed by atoms with Gasteiger partial charge in [0.05, 0.1) is 25.9 Å². The minimum absolute atomic E-state index is 0.0599. The van der Waals surface area contributed by atoms with Crippen molar-refractivity contribution in [2.24, 2.45) is 11.8 Å². The molecule has 2 aliphatic heterocycles. The molecule has 0 radical (unpaired) electrons. The lowest BCUT2D eigenvalue weighted by atomic mass is 9.72. The Morgan fingerprint density at radius 2 is 1.90 bits per heavy atom. The lowest BCUT2D eigenvalue weighted by Crippen LogP contribution is -2.62. The number of furan rings is 1. The molecule has 1 aromatic heterocycles. The Hall–Kier alpha value is -2.94. The van der Waals surface area contributed by atoms with Gasteiger partial charge in [0, 0.05) is 34.9 Å². The van der Waals surface area contributed by atoms with Gasteiger partial charge in [-0.15, -0.1) is 0 Å². The van der Waals surface area contributed by atoms with Crippen LogP contribution < -0.4 is 14.8 Å². The molecule has 1 aromatic carbocycles. The second-order valence-electron chi connectivity index (χ2n) is 10.9. The summed E-state index contributed by atoms with van der Waals surface area (Å²) in [5.74, 6) is -1.47. The summed E-state index contributed by atoms with van der Waals surface area (Å²) < 4.78 is 28.7. The third-order valence-corrected chi connectivity index (χ3v) is 8.74. The first-order valence-corrected chi connectivity index (χ1v) is 13.5. The quantitative estimate of drug-likeness (QED) is 0.193. The SMILES string of the molecule is CCOC(=O)[C@H]1Cc2c(O[C@H]3O[C@H](C(O)O)[C@@H](O)[C@H](O)[C@H]3O)c(OC)c3occ4c3c2[C@@H](C1)C[C@H]1C(=O)NC[C@@H]41. The molecule has 0 bridgehead atoms. The third kappa shape index (κ3) is 4.06. The van der Waals surface area contributed by atoms with E-state index in [9.17, 15) is 35.1 Å². The van der Waals surface area contributed by atoms with Crippen molar-refractivity contribution < 1.29 is 58.5 Å². The van der Waals surface area contributed by atoms with Gasteiger partial charge in [-0.25, -0.2) is 0 Å². The van der Waals surface area contributed by atoms with E-state index in [0.29, 0.717) is 30.5 Å². The zero-order valence-electron chi connectivity index (χ0n) is 22.0. The second kappa shape index (κ2) is 10.2. The number of ether oxygens (including phenoxy) is 4. The Balaban J connectivity index is 1.52. The summed E-state index contributed by atoms with van der Waals surface area (Å²) >= 11 is 0. The molecule has 4 aliphatic rings. The zero-order valence-corrected chi connectivity index (χ0v) is 22.0. The van der Waals surface area contributed by atoms with Crippen LogP contribution in [0.1, 0.15) is 48.3 Å². The number of amides is 1. The molecule has 0 unspecified atom stereocenters. The highest BCUT2D eigenvalue weighted by molar-refractivity contribution is 5.97. The predicted molar refractivity (Wildman–Crippen MR) is 133 cm³/mol. The molecule has 0 saturated carbocycles. The molecule has 13 heteroatoms. The average Bonchev–Trinajstić information content (AvgIpc) is 3.48. The molecule has 218 valence electrons. The monoisotopic (exact) mass is 563 g/mol. The molecule has 9 atom stereocenters. The standard InChI is InChI=1S/C27H33NO12/c1-3-37-26(35)10-4-9-5-11-13(7-28-24(11)32)14-8-38-21-16(14)15(9)12(6-10)20(23(21)36-2)39-27-19(31)17(29)18(30)22(40-27)25(33)34/h8-11,13,17-19,22,25,27,29-31,33-34H,3-7H2,1-2H3,(H,28,32)/t9-,10+,11+,13+,17-,18-,19+,22-,27-/m0/s1. The molecule has 13 nitrogen and oxygen atoms in total. The number of methoxy groups -OCH3 is 1. The van der Waals surface area contributed by atoms with Crippen molar-refractivity contribution in [2.75, 3.05) is 20.3 Å². The number of carbonyl (C=O) groups excluding carboxylic acids is 2. The number of aliphatic hydroxyl groups excluding tert-OH is 4. The number of carbonyl (C=O) groups is 2. The number of hydrogen-bond donors (Lipinski definition) is 6. The first kappa shape index (κ1) is 27.2. The second-order valence-corrected chi connectivity index (χ2v) is 10.9. The number of aliphatic hydroxyl groups is 5. The summed E-state index contributed by atoms with van der Waals surface area (Å²) in [5, 5.41) is 54.4. The summed E-state index contributed by atoms with van der Waals surface area (Å²) in [7, 11) is 1.40. The Morgan fingerprint density at radius 3 is 2.60 bits per heavy atom. The fraction of sp³-hybridized carbons (Fsp3) is 0.630. The molecule has 3 heterocycles. The van der Waals surface area contributed by atoms with Crippen LogP contribution in [-0.2, 0) is 25.5 Å². The van der Waals surface area contributed by atoms with Gasteiger partial charge in [-0.1, -0.05) is 0 Å². The van der Waals surface area contributed by atoms with Crippen molar-refractivity contribution in [3.8, 4) is 11.5 Å². The van der Waals surface area contributed by atoms with E-state index in [1.807, 2.05) is 0 Å². The Bertz CT molecular complexity index is 1320. The first-order valence-electron chi connectivity index (χ1n) is 13.5. The number of hydrogen-bond acceptors (Lipinski definition) is 12. The van der Waals surface area contributed by atoms with Gasteiger partial charge in [0.1, 0.15) is 24.4 Å². The van der Waals surface area contributed by atoms with Crippen LogP contribution in [0, 0.1) is 11.8 Å². The van der Waals surface area contributed by atoms with E-state index in [1.165, 1.54) is 7.11 Å². The summed E-state index contributed by atoms with van der Waals surface area (Å²) in [6.45, 7) is 2.37. The molecule has 2 saturated heterocycles. The van der Waals surface area contributed by atoms with Gasteiger partial charge < -0.3 is 54.2 Å². The Kier molecular flexibility index (Phi) is 6.92. The maximum atomic E-state index is 13.0. The molecule has 2 fully saturated rings. The van der Waals surface area contributed by atoms with E-state index in [4.69, 9.17) is 23.4 Å². The van der Waals surface area contributed by atoms with Crippen LogP contribution in [0.3, 0.4) is 0 Å². The lowest BCUT2D eigenvalue weighted by Gasteiger charge is -2.41. The van der Waals surface area contributed by atoms with E-state index in [1.54, 1.807) is 13.2 Å². The number of esters is 1. The fourth-order valence-corrected chi connectivity index (χ4v) is 6.92. The van der Waals surface area contributed by atoms with Crippen molar-refractivity contribution >= 4 is 22.8 Å². The van der Waals surface area contributed by atoms with E-state index in [2.05, 4.69) is 5.32 Å². The Morgan fingerprint density at radius 1 is 1.12 bits per heavy atom. The maximum absolute atomic E-state index is 13.0. The number of rotatable bonds is 6. The normalized spacial score (nSPS) is 34.8. The van der Waals surface area contributed by atoms with Crippen molar-refractivity contribution in [3.63, 3.8) is 0 Å². The van der Waals surface area contributed by atoms with Crippen molar-refractivity contribution in [3.05, 3.63) is 23.0 Å². The van der Waals surface area contributed by atoms with Crippen molar-refractivity contribution in [1.82, 2.24) is 5.32 Å². The Labute approximate surface area is 228 Å². The molecular weight excluding hydrogens is 530 g/mol. The molecule has 40 heavy (non-hydrogen) atoms. The van der Waals surface area contributed by atoms with Gasteiger partial charge in [0.15, 0.2) is 17.6 Å². The van der Waals surface area contributed by atoms with Gasteiger partial charge in [-0.2, -0.15) is 0 Å². The topological polar surface area (TPSA) is 197 Å². The van der Waals surface area contributed by atoms with Crippen molar-refractivity contribution in [1.29, 1.82) is 0 Å². The van der Waals surface area contributed by atoms with Crippen LogP contribution in [0.4, 0.5) is 0 Å². The van der Waals surface area contributed by atoms with Crippen LogP contribution >= 0.6 is 0 Å². The number of nitrogens with one attached hydrogen (secondary N) is 1. The molecular formula is C27H33NO12. The minimum atomic E-state index is -2.17. The smallest absolute Gasteiger partial charge is 0.309 e. The summed E-state index contributed by atoms with van der Waals surface area (Å²) in [6, 6.07) is 0. The zero-order chi connectivity index (χ0) is 28.5. The van der Waals surface area contributed by atoms with Crippen LogP contribution in [0.15, 0.2) is 10.7 Å². The summed E-state index contributed by atoms with van der Waals surface area (Å²) in [4.78, 5) is 25.9. The van der Waals surface area contributed by atoms with Crippen LogP contribution in [0.2, 0.25) is 0 Å². The maximum Gasteiger partial charge on any atom is 0.309 e. The van der Waals surface area contributed by atoms with E-state index in [-0.39, 0.29) is 48.2 Å². The van der Waals surface area contributed by atoms with Gasteiger partial charge in [0.25, 0.3) is 0 Å². The molecule has 6 rings (SSSR count). The molecule has 1 amide bonds. The van der Waals surface area contributed by atoms with Crippen LogP contribution in [0.25, 0.3) is 11.0 Å². The minimum Gasteiger partial charge on any atom is -0.490 e. The largest absolute Gasteiger partial charge is 0.490 e. The molecule has 2 aliphatic carbocycles. The molecule has 6 N–H and O–H groups in total. The van der Waals surface area contributed by atoms with Crippen LogP contribution in [-0.4, -0.2) is 94.7 Å². The average molecular weight is 564 g/mol. The highest BCUT2D eigenvalue weighted by Gasteiger charge is 2.50. The fourth-order valence-electron chi connectivity index (χ4n) is 6.92. The van der Waals surface area contributed by atoms with Gasteiger partial charge in [-0.3, -0.25) is 9.59 Å². The van der Waals surface area contributed by atoms with E-state index in [0.717, 1.165) is 16.5 Å².